The van der Waals surface area contributed by atoms with Crippen LogP contribution in [0.2, 0.25) is 0 Å². The van der Waals surface area contributed by atoms with Crippen LogP contribution in [0.25, 0.3) is 0 Å². The predicted octanol–water partition coefficient (Wildman–Crippen LogP) is 1.98. The van der Waals surface area contributed by atoms with E-state index in [4.69, 9.17) is 15.3 Å². The summed E-state index contributed by atoms with van der Waals surface area (Å²) in [6.45, 7) is 3.09. The maximum absolute atomic E-state index is 12.8. The van der Waals surface area contributed by atoms with E-state index in [0.29, 0.717) is 9.80 Å². The molecule has 33 heavy (non-hydrogen) atoms. The predicted molar refractivity (Wildman–Crippen MR) is 102 cm³/mol. The van der Waals surface area contributed by atoms with Crippen LogP contribution in [0.1, 0.15) is 33.6 Å². The van der Waals surface area contributed by atoms with Crippen molar-refractivity contribution in [3.8, 4) is 0 Å². The molecule has 0 aliphatic carbocycles. The number of halogens is 6. The van der Waals surface area contributed by atoms with E-state index >= 15 is 0 Å². The quantitative estimate of drug-likeness (QED) is 0.288. The first-order valence-electron chi connectivity index (χ1n) is 9.62. The Kier molecular flexibility index (Phi) is 14.2. The molecule has 0 aromatic heterocycles. The molecule has 3 N–H and O–H groups in total. The van der Waals surface area contributed by atoms with Crippen LogP contribution >= 0.6 is 0 Å². The number of rotatable bonds is 11. The van der Waals surface area contributed by atoms with Gasteiger partial charge in [0.25, 0.3) is 0 Å². The summed E-state index contributed by atoms with van der Waals surface area (Å²) in [4.78, 5) is 33.6. The normalized spacial score (nSPS) is 15.8. The molecule has 0 heterocycles. The summed E-state index contributed by atoms with van der Waals surface area (Å²) in [5, 5.41) is 25.7. The smallest absolute Gasteiger partial charge is 0.404 e. The minimum Gasteiger partial charge on any atom is -0.480 e. The molecule has 4 atom stereocenters. The Balaban J connectivity index is 0. The van der Waals surface area contributed by atoms with Gasteiger partial charge in [-0.3, -0.25) is 24.2 Å². The molecule has 0 rings (SSSR count). The molecule has 0 aromatic rings. The Morgan fingerprint density at radius 1 is 0.848 bits per heavy atom. The summed E-state index contributed by atoms with van der Waals surface area (Å²) in [6, 6.07) is -6.72. The lowest BCUT2D eigenvalue weighted by atomic mass is 10.1. The summed E-state index contributed by atoms with van der Waals surface area (Å²) in [5.41, 5.74) is 0. The van der Waals surface area contributed by atoms with Gasteiger partial charge in [-0.25, -0.2) is 0 Å². The second-order valence-electron chi connectivity index (χ2n) is 7.00. The lowest BCUT2D eigenvalue weighted by molar-refractivity contribution is -0.195. The number of aliphatic carboxylic acids is 2. The Hall–Kier alpha value is -2.13. The highest BCUT2D eigenvalue weighted by Gasteiger charge is 2.46. The van der Waals surface area contributed by atoms with Crippen LogP contribution in [0.15, 0.2) is 0 Å². The van der Waals surface area contributed by atoms with E-state index in [1.54, 1.807) is 0 Å². The Bertz CT molecular complexity index is 630. The van der Waals surface area contributed by atoms with Crippen molar-refractivity contribution < 1.29 is 60.8 Å². The van der Waals surface area contributed by atoms with Crippen molar-refractivity contribution in [2.24, 2.45) is 0 Å². The van der Waals surface area contributed by atoms with Crippen molar-refractivity contribution >= 4 is 17.9 Å². The molecule has 0 radical (unpaired) electrons. The molecule has 0 spiro atoms. The van der Waals surface area contributed by atoms with E-state index in [-0.39, 0.29) is 6.61 Å². The SMILES string of the molecule is CCOC(=O)CC(N(C)[C@@H](C)C(=O)O)C(F)(F)F.C[C@@H](C(=O)O)N(C)C(CCO)C(F)(F)F. The number of hydrogen-bond acceptors (Lipinski definition) is 7. The number of esters is 1. The van der Waals surface area contributed by atoms with Crippen LogP contribution in [0.4, 0.5) is 26.3 Å². The van der Waals surface area contributed by atoms with Gasteiger partial charge in [-0.2, -0.15) is 26.3 Å². The molecule has 0 fully saturated rings. The van der Waals surface area contributed by atoms with E-state index in [9.17, 15) is 40.7 Å². The summed E-state index contributed by atoms with van der Waals surface area (Å²) in [7, 11) is 2.09. The third kappa shape index (κ3) is 12.1. The van der Waals surface area contributed by atoms with Gasteiger partial charge >= 0.3 is 30.3 Å². The van der Waals surface area contributed by atoms with Crippen LogP contribution < -0.4 is 0 Å². The number of aliphatic hydroxyl groups is 1. The number of alkyl halides is 6. The number of carboxylic acid groups (broad SMARTS) is 2. The Labute approximate surface area is 186 Å². The molecule has 0 saturated heterocycles. The number of carbonyl (C=O) groups is 3. The molecule has 9 nitrogen and oxygen atoms in total. The van der Waals surface area contributed by atoms with Crippen LogP contribution in [0.3, 0.4) is 0 Å². The minimum atomic E-state index is -4.70. The lowest BCUT2D eigenvalue weighted by Gasteiger charge is -2.31. The van der Waals surface area contributed by atoms with Gasteiger partial charge in [0.2, 0.25) is 0 Å². The third-order valence-corrected chi connectivity index (χ3v) is 4.74. The maximum atomic E-state index is 12.8. The van der Waals surface area contributed by atoms with Gasteiger partial charge < -0.3 is 20.1 Å². The van der Waals surface area contributed by atoms with Crippen molar-refractivity contribution in [1.82, 2.24) is 9.80 Å². The molecule has 0 aromatic carbocycles. The number of carbonyl (C=O) groups excluding carboxylic acids is 1. The number of aliphatic hydroxyl groups excluding tert-OH is 1. The molecule has 0 saturated carbocycles. The zero-order valence-electron chi connectivity index (χ0n) is 18.8. The third-order valence-electron chi connectivity index (χ3n) is 4.74. The molecular formula is C18H30F6N2O7. The minimum absolute atomic E-state index is 0.0262. The number of nitrogens with zero attached hydrogens (tertiary/aromatic N) is 2. The summed E-state index contributed by atoms with van der Waals surface area (Å²) in [6.07, 6.45) is -10.7. The fraction of sp³-hybridized carbons (Fsp3) is 0.833. The summed E-state index contributed by atoms with van der Waals surface area (Å²) >= 11 is 0. The molecule has 0 aliphatic heterocycles. The van der Waals surface area contributed by atoms with E-state index in [0.717, 1.165) is 21.0 Å². The number of ether oxygens (including phenoxy) is 1. The maximum Gasteiger partial charge on any atom is 0.404 e. The summed E-state index contributed by atoms with van der Waals surface area (Å²) < 4.78 is 80.0. The standard InChI is InChI=1S/C10H16F3NO4.C8H14F3NO3/c1-4-18-8(15)5-7(10(11,12)13)14(3)6(2)9(16)17;1-5(7(14)15)12(2)6(3-4-13)8(9,10)11/h6-7H,4-5H2,1-3H3,(H,16,17);5-6,13H,3-4H2,1-2H3,(H,14,15)/t6-,7?;5-,6?/m00/s1. The van der Waals surface area contributed by atoms with Gasteiger partial charge in [-0.1, -0.05) is 0 Å². The second-order valence-corrected chi connectivity index (χ2v) is 7.00. The van der Waals surface area contributed by atoms with E-state index < -0.39 is 73.9 Å². The van der Waals surface area contributed by atoms with Gasteiger partial charge in [0.15, 0.2) is 0 Å². The van der Waals surface area contributed by atoms with Crippen LogP contribution in [-0.4, -0.2) is 107 Å². The number of likely N-dealkylation sites (N-methyl/N-ethyl adjacent to an activating group) is 2. The first-order valence-corrected chi connectivity index (χ1v) is 9.62. The zero-order valence-corrected chi connectivity index (χ0v) is 18.8. The van der Waals surface area contributed by atoms with Gasteiger partial charge in [0.1, 0.15) is 24.2 Å². The fourth-order valence-electron chi connectivity index (χ4n) is 2.48. The van der Waals surface area contributed by atoms with Gasteiger partial charge in [0.05, 0.1) is 13.0 Å². The molecule has 196 valence electrons. The number of carboxylic acids is 2. The first kappa shape index (κ1) is 33.0. The van der Waals surface area contributed by atoms with Crippen molar-refractivity contribution in [3.63, 3.8) is 0 Å². The highest BCUT2D eigenvalue weighted by molar-refractivity contribution is 5.74. The largest absolute Gasteiger partial charge is 0.480 e. The first-order chi connectivity index (χ1) is 14.8. The molecular weight excluding hydrogens is 470 g/mol. The topological polar surface area (TPSA) is 128 Å². The second kappa shape index (κ2) is 14.2. The van der Waals surface area contributed by atoms with Gasteiger partial charge in [-0.05, 0) is 41.3 Å². The Morgan fingerprint density at radius 3 is 1.48 bits per heavy atom. The molecule has 0 bridgehead atoms. The number of hydrogen-bond donors (Lipinski definition) is 3. The monoisotopic (exact) mass is 500 g/mol. The van der Waals surface area contributed by atoms with Gasteiger partial charge in [-0.15, -0.1) is 0 Å². The van der Waals surface area contributed by atoms with E-state index in [2.05, 4.69) is 4.74 Å². The highest BCUT2D eigenvalue weighted by Crippen LogP contribution is 2.28. The van der Waals surface area contributed by atoms with Crippen LogP contribution in [0.5, 0.6) is 0 Å². The van der Waals surface area contributed by atoms with Crippen molar-refractivity contribution in [2.45, 2.75) is 70.1 Å². The fourth-order valence-corrected chi connectivity index (χ4v) is 2.48. The van der Waals surface area contributed by atoms with Gasteiger partial charge in [0, 0.05) is 6.61 Å². The van der Waals surface area contributed by atoms with Crippen molar-refractivity contribution in [2.75, 3.05) is 27.3 Å². The Morgan fingerprint density at radius 2 is 1.21 bits per heavy atom. The van der Waals surface area contributed by atoms with E-state index in [1.165, 1.54) is 13.8 Å². The van der Waals surface area contributed by atoms with E-state index in [1.807, 2.05) is 0 Å². The molecule has 0 amide bonds. The average Bonchev–Trinajstić information content (AvgIpc) is 2.66. The van der Waals surface area contributed by atoms with Crippen LogP contribution in [-0.2, 0) is 19.1 Å². The lowest BCUT2D eigenvalue weighted by Crippen LogP contribution is -2.51. The average molecular weight is 500 g/mol. The van der Waals surface area contributed by atoms with Crippen molar-refractivity contribution in [3.05, 3.63) is 0 Å². The van der Waals surface area contributed by atoms with Crippen LogP contribution in [0, 0.1) is 0 Å². The zero-order chi connectivity index (χ0) is 26.7. The highest BCUT2D eigenvalue weighted by atomic mass is 19.4. The summed E-state index contributed by atoms with van der Waals surface area (Å²) in [5.74, 6) is -3.73. The molecule has 0 aliphatic rings. The molecule has 15 heteroatoms. The molecule has 2 unspecified atom stereocenters. The van der Waals surface area contributed by atoms with Crippen molar-refractivity contribution in [1.29, 1.82) is 0 Å².